The first kappa shape index (κ1) is 41.5. The minimum Gasteiger partial charge on any atom is -0.506 e. The smallest absolute Gasteiger partial charge is 0.329 e. The van der Waals surface area contributed by atoms with E-state index in [4.69, 9.17) is 14.4 Å². The summed E-state index contributed by atoms with van der Waals surface area (Å²) in [5.74, 6) is -5.40. The van der Waals surface area contributed by atoms with Gasteiger partial charge in [-0.2, -0.15) is 0 Å². The van der Waals surface area contributed by atoms with Crippen LogP contribution in [0, 0.1) is 0 Å². The predicted molar refractivity (Wildman–Crippen MR) is 228 cm³/mol. The summed E-state index contributed by atoms with van der Waals surface area (Å²) < 4.78 is 8.10. The molecule has 17 nitrogen and oxygen atoms in total. The number of benzene rings is 4. The fraction of sp³-hybridized carbons (Fsp3) is 0.133. The van der Waals surface area contributed by atoms with Gasteiger partial charge in [0.05, 0.1) is 22.5 Å². The number of carbonyl (C=O) groups excluding carboxylic acids is 4. The lowest BCUT2D eigenvalue weighted by Crippen LogP contribution is -2.45. The number of nitrogens with one attached hydrogen (secondary N) is 3. The first-order chi connectivity index (χ1) is 30.4. The lowest BCUT2D eigenvalue weighted by molar-refractivity contribution is -0.140. The monoisotopic (exact) mass is 869 g/mol. The minimum atomic E-state index is -1.53. The van der Waals surface area contributed by atoms with Gasteiger partial charge in [-0.15, -0.1) is 20.8 Å². The second-order valence-corrected chi connectivity index (χ2v) is 15.3. The molecular weight excluding hydrogens is 835 g/mol. The van der Waals surface area contributed by atoms with Crippen LogP contribution < -0.4 is 41.5 Å². The topological polar surface area (TPSA) is 234 Å². The number of aliphatic carboxylic acids is 1. The third kappa shape index (κ3) is 8.55. The summed E-state index contributed by atoms with van der Waals surface area (Å²) in [5.41, 5.74) is -2.97. The number of carboxylic acid groups (broad SMARTS) is 1. The van der Waals surface area contributed by atoms with Gasteiger partial charge in [-0.1, -0.05) is 72.8 Å². The molecule has 0 radical (unpaired) electrons. The third-order valence-electron chi connectivity index (χ3n) is 10.1. The van der Waals surface area contributed by atoms with E-state index in [9.17, 15) is 43.8 Å². The molecule has 8 rings (SSSR count). The highest BCUT2D eigenvalue weighted by Gasteiger charge is 2.52. The van der Waals surface area contributed by atoms with Crippen LogP contribution in [0.4, 0.5) is 0 Å². The molecule has 0 unspecified atom stereocenters. The number of fused-ring (bicyclic) bond motifs is 2. The zero-order chi connectivity index (χ0) is 44.3. The number of nitrogens with zero attached hydrogens (tertiary/aromatic N) is 2. The van der Waals surface area contributed by atoms with Gasteiger partial charge in [-0.05, 0) is 71.8 Å². The number of para-hydroxylation sites is 2. The first-order valence-electron chi connectivity index (χ1n) is 19.3. The van der Waals surface area contributed by atoms with E-state index in [0.717, 1.165) is 26.4 Å². The van der Waals surface area contributed by atoms with Gasteiger partial charge in [0.1, 0.15) is 30.3 Å². The van der Waals surface area contributed by atoms with Gasteiger partial charge in [0.25, 0.3) is 28.8 Å². The van der Waals surface area contributed by atoms with Crippen LogP contribution in [0.25, 0.3) is 21.8 Å². The van der Waals surface area contributed by atoms with Crippen LogP contribution in [0.3, 0.4) is 0 Å². The number of aromatic nitrogens is 2. The van der Waals surface area contributed by atoms with Gasteiger partial charge < -0.3 is 35.3 Å². The van der Waals surface area contributed by atoms with Crippen molar-refractivity contribution in [1.29, 1.82) is 0 Å². The second-order valence-electron chi connectivity index (χ2n) is 14.3. The largest absolute Gasteiger partial charge is 0.506 e. The molecule has 3 aromatic heterocycles. The van der Waals surface area contributed by atoms with E-state index < -0.39 is 69.7 Å². The maximum absolute atomic E-state index is 14.3. The van der Waals surface area contributed by atoms with Gasteiger partial charge in [0.2, 0.25) is 5.91 Å². The van der Waals surface area contributed by atoms with E-state index in [0.29, 0.717) is 10.9 Å². The van der Waals surface area contributed by atoms with Crippen LogP contribution in [0.2, 0.25) is 0 Å². The lowest BCUT2D eigenvalue weighted by Gasteiger charge is -2.18. The molecule has 0 atom stereocenters. The van der Waals surface area contributed by atoms with Crippen LogP contribution in [-0.4, -0.2) is 61.4 Å². The maximum Gasteiger partial charge on any atom is 0.329 e. The number of hydrogen-bond acceptors (Lipinski definition) is 12. The number of amides is 4. The molecule has 5 N–H and O–H groups in total. The van der Waals surface area contributed by atoms with Crippen LogP contribution >= 0.6 is 11.3 Å². The predicted octanol–water partition coefficient (Wildman–Crippen LogP) is 4.17. The van der Waals surface area contributed by atoms with Crippen LogP contribution in [0.5, 0.6) is 17.2 Å². The molecule has 0 bridgehead atoms. The molecule has 3 heterocycles. The first-order valence-corrected chi connectivity index (χ1v) is 20.2. The Morgan fingerprint density at radius 3 is 1.87 bits per heavy atom. The number of pyridine rings is 2. The second kappa shape index (κ2) is 17.4. The van der Waals surface area contributed by atoms with Crippen molar-refractivity contribution in [1.82, 2.24) is 25.4 Å². The highest BCUT2D eigenvalue weighted by Crippen LogP contribution is 2.37. The van der Waals surface area contributed by atoms with E-state index in [-0.39, 0.29) is 58.9 Å². The van der Waals surface area contributed by atoms with E-state index in [1.54, 1.807) is 72.1 Å². The fourth-order valence-electron chi connectivity index (χ4n) is 6.66. The summed E-state index contributed by atoms with van der Waals surface area (Å²) in [6.45, 7) is -0.928. The van der Waals surface area contributed by atoms with E-state index >= 15 is 0 Å². The summed E-state index contributed by atoms with van der Waals surface area (Å²) in [4.78, 5) is 104. The fourth-order valence-corrected chi connectivity index (χ4v) is 7.28. The molecule has 0 saturated heterocycles. The summed E-state index contributed by atoms with van der Waals surface area (Å²) >= 11 is 1.13. The Morgan fingerprint density at radius 2 is 1.25 bits per heavy atom. The third-order valence-corrected chi connectivity index (χ3v) is 11.0. The van der Waals surface area contributed by atoms with Gasteiger partial charge >= 0.3 is 5.97 Å². The number of carbonyl (C=O) groups is 5. The molecule has 0 aliphatic heterocycles. The van der Waals surface area contributed by atoms with E-state index in [2.05, 4.69) is 16.0 Å². The molecule has 18 heteroatoms. The number of imide groups is 1. The van der Waals surface area contributed by atoms with Crippen molar-refractivity contribution in [3.05, 3.63) is 168 Å². The summed E-state index contributed by atoms with van der Waals surface area (Å²) in [6, 6.07) is 31.2. The molecule has 1 aliphatic rings. The molecule has 1 fully saturated rings. The highest BCUT2D eigenvalue weighted by molar-refractivity contribution is 7.12. The van der Waals surface area contributed by atoms with Crippen LogP contribution in [0.1, 0.15) is 54.4 Å². The number of ether oxygens (including phenoxy) is 1. The summed E-state index contributed by atoms with van der Waals surface area (Å²) in [5, 5.41) is 29.6. The normalized spacial score (nSPS) is 12.6. The SMILES string of the molecule is O=C(CNC(=O)c1c(Oc2ccc(COn3c(=O)c(C(=O)NC4(C(=O)O)CC4)c(O)c4ccccc43)cc2)c2ccccc2n(OCc2ccccc2)c1=O)NC(=O)c1cccs1. The van der Waals surface area contributed by atoms with Crippen LogP contribution in [-0.2, 0) is 22.8 Å². The molecule has 0 spiro atoms. The zero-order valence-corrected chi connectivity index (χ0v) is 33.7. The Kier molecular flexibility index (Phi) is 11.4. The number of aromatic hydroxyl groups is 1. The molecule has 318 valence electrons. The Balaban J connectivity index is 1.07. The van der Waals surface area contributed by atoms with Gasteiger partial charge in [0, 0.05) is 10.8 Å². The molecule has 63 heavy (non-hydrogen) atoms. The van der Waals surface area contributed by atoms with E-state index in [1.165, 1.54) is 30.3 Å². The zero-order valence-electron chi connectivity index (χ0n) is 32.9. The quantitative estimate of drug-likeness (QED) is 0.0978. The molecule has 1 saturated carbocycles. The molecule has 1 aliphatic carbocycles. The van der Waals surface area contributed by atoms with Gasteiger partial charge in [0.15, 0.2) is 16.9 Å². The van der Waals surface area contributed by atoms with Crippen LogP contribution in [0.15, 0.2) is 130 Å². The lowest BCUT2D eigenvalue weighted by atomic mass is 10.1. The average molecular weight is 870 g/mol. The minimum absolute atomic E-state index is 0.0330. The summed E-state index contributed by atoms with van der Waals surface area (Å²) in [7, 11) is 0. The number of carboxylic acids is 1. The van der Waals surface area contributed by atoms with Gasteiger partial charge in [-0.25, -0.2) is 4.79 Å². The average Bonchev–Trinajstić information content (AvgIpc) is 3.86. The summed E-state index contributed by atoms with van der Waals surface area (Å²) in [6.07, 6.45) is 0.336. The Hall–Kier alpha value is -8.25. The molecule has 7 aromatic rings. The highest BCUT2D eigenvalue weighted by atomic mass is 32.1. The molecule has 4 amide bonds. The Morgan fingerprint density at radius 1 is 0.667 bits per heavy atom. The van der Waals surface area contributed by atoms with Crippen molar-refractivity contribution in [3.8, 4) is 17.2 Å². The molecular formula is C45H35N5O12S. The Bertz CT molecular complexity index is 3050. The van der Waals surface area contributed by atoms with Crippen molar-refractivity contribution in [3.63, 3.8) is 0 Å². The maximum atomic E-state index is 14.3. The van der Waals surface area contributed by atoms with Gasteiger partial charge in [-0.3, -0.25) is 34.1 Å². The molecule has 4 aromatic carbocycles. The number of thiophene rings is 1. The standard InChI is InChI=1S/C45H35N5O12S/c51-34(47-39(53)33-15-8-22-63-33)23-46-40(54)36-38(30-12-5-7-14-32(30)50(43(36)57)60-24-26-9-2-1-3-10-26)62-28-18-16-27(17-19-28)25-61-49-31-13-6-4-11-29(31)37(52)35(42(49)56)41(55)48-45(20-21-45)44(58)59/h1-19,22,52H,20-21,23-25H2,(H,46,54)(H,48,55)(H,58,59)(H,47,51,53). The van der Waals surface area contributed by atoms with Crippen molar-refractivity contribution >= 4 is 62.7 Å². The van der Waals surface area contributed by atoms with E-state index in [1.807, 2.05) is 18.2 Å². The van der Waals surface area contributed by atoms with Crippen molar-refractivity contribution in [2.75, 3.05) is 6.54 Å². The van der Waals surface area contributed by atoms with Crippen molar-refractivity contribution in [2.45, 2.75) is 31.6 Å². The van der Waals surface area contributed by atoms with Crippen molar-refractivity contribution in [2.24, 2.45) is 0 Å². The van der Waals surface area contributed by atoms with Crippen molar-refractivity contribution < 1.29 is 48.6 Å². The number of hydrogen-bond donors (Lipinski definition) is 5. The Labute approximate surface area is 359 Å². The number of rotatable bonds is 15.